The van der Waals surface area contributed by atoms with Crippen LogP contribution in [0.3, 0.4) is 0 Å². The van der Waals surface area contributed by atoms with E-state index in [9.17, 15) is 9.59 Å². The van der Waals surface area contributed by atoms with Crippen molar-refractivity contribution < 1.29 is 14.7 Å². The lowest BCUT2D eigenvalue weighted by atomic mass is 10.1. The molecule has 6 heteroatoms. The molecule has 1 rings (SSSR count). The van der Waals surface area contributed by atoms with E-state index in [0.717, 1.165) is 6.54 Å². The van der Waals surface area contributed by atoms with Crippen molar-refractivity contribution >= 4 is 11.8 Å². The number of hydrogen-bond donors (Lipinski definition) is 3. The van der Waals surface area contributed by atoms with Crippen molar-refractivity contribution in [3.63, 3.8) is 0 Å². The van der Waals surface area contributed by atoms with Gasteiger partial charge in [0.25, 0.3) is 0 Å². The Labute approximate surface area is 95.0 Å². The molecule has 0 aliphatic carbocycles. The second-order valence-corrected chi connectivity index (χ2v) is 3.70. The molecule has 0 aromatic rings. The van der Waals surface area contributed by atoms with E-state index in [2.05, 4.69) is 10.6 Å². The Hall–Kier alpha value is -1.14. The highest BCUT2D eigenvalue weighted by Crippen LogP contribution is 2.04. The number of piperazine rings is 1. The van der Waals surface area contributed by atoms with Gasteiger partial charge in [-0.15, -0.1) is 0 Å². The van der Waals surface area contributed by atoms with Gasteiger partial charge >= 0.3 is 0 Å². The van der Waals surface area contributed by atoms with Crippen LogP contribution in [0.2, 0.25) is 0 Å². The lowest BCUT2D eigenvalue weighted by Gasteiger charge is -2.32. The summed E-state index contributed by atoms with van der Waals surface area (Å²) in [6, 6.07) is -0.424. The highest BCUT2D eigenvalue weighted by atomic mass is 16.3. The summed E-state index contributed by atoms with van der Waals surface area (Å²) in [5.74, 6) is -0.231. The second kappa shape index (κ2) is 6.44. The minimum atomic E-state index is -0.424. The van der Waals surface area contributed by atoms with E-state index in [1.165, 1.54) is 0 Å². The maximum atomic E-state index is 11.8. The molecule has 6 nitrogen and oxygen atoms in total. The van der Waals surface area contributed by atoms with Gasteiger partial charge in [0.2, 0.25) is 11.8 Å². The van der Waals surface area contributed by atoms with Crippen LogP contribution in [-0.2, 0) is 9.59 Å². The van der Waals surface area contributed by atoms with E-state index in [0.29, 0.717) is 13.1 Å². The summed E-state index contributed by atoms with van der Waals surface area (Å²) in [5.41, 5.74) is 0. The van der Waals surface area contributed by atoms with Crippen molar-refractivity contribution in [3.8, 4) is 0 Å². The highest BCUT2D eigenvalue weighted by Gasteiger charge is 2.28. The zero-order valence-electron chi connectivity index (χ0n) is 9.53. The third-order valence-corrected chi connectivity index (χ3v) is 2.59. The Morgan fingerprint density at radius 1 is 1.69 bits per heavy atom. The van der Waals surface area contributed by atoms with Gasteiger partial charge in [-0.25, -0.2) is 0 Å². The molecule has 0 radical (unpaired) electrons. The minimum Gasteiger partial charge on any atom is -0.395 e. The van der Waals surface area contributed by atoms with Crippen LogP contribution in [-0.4, -0.2) is 60.6 Å². The van der Waals surface area contributed by atoms with Crippen molar-refractivity contribution in [2.45, 2.75) is 19.4 Å². The van der Waals surface area contributed by atoms with E-state index in [4.69, 9.17) is 5.11 Å². The quantitative estimate of drug-likeness (QED) is 0.525. The van der Waals surface area contributed by atoms with Gasteiger partial charge < -0.3 is 20.6 Å². The monoisotopic (exact) mass is 229 g/mol. The van der Waals surface area contributed by atoms with Crippen molar-refractivity contribution in [2.24, 2.45) is 0 Å². The zero-order valence-corrected chi connectivity index (χ0v) is 9.53. The summed E-state index contributed by atoms with van der Waals surface area (Å²) in [6.45, 7) is 4.17. The molecule has 92 valence electrons. The Kier molecular flexibility index (Phi) is 5.21. The molecule has 1 heterocycles. The van der Waals surface area contributed by atoms with Gasteiger partial charge in [0.1, 0.15) is 0 Å². The first-order valence-electron chi connectivity index (χ1n) is 5.58. The Morgan fingerprint density at radius 2 is 2.44 bits per heavy atom. The third-order valence-electron chi connectivity index (χ3n) is 2.59. The summed E-state index contributed by atoms with van der Waals surface area (Å²) in [5, 5.41) is 14.1. The lowest BCUT2D eigenvalue weighted by Crippen LogP contribution is -2.56. The second-order valence-electron chi connectivity index (χ2n) is 3.70. The molecule has 3 N–H and O–H groups in total. The van der Waals surface area contributed by atoms with E-state index < -0.39 is 6.04 Å². The standard InChI is InChI=1S/C10H19N3O3/c1-2-13-5-3-11-8(10(13)16)7-9(15)12-4-6-14/h8,11,14H,2-7H2,1H3,(H,12,15). The number of likely N-dealkylation sites (N-methyl/N-ethyl adjacent to an activating group) is 1. The molecule has 0 aromatic carbocycles. The highest BCUT2D eigenvalue weighted by molar-refractivity contribution is 5.88. The number of carbonyl (C=O) groups excluding carboxylic acids is 2. The number of amides is 2. The molecule has 1 aliphatic rings. The van der Waals surface area contributed by atoms with Gasteiger partial charge in [0.15, 0.2) is 0 Å². The van der Waals surface area contributed by atoms with Gasteiger partial charge in [-0.05, 0) is 6.92 Å². The number of carbonyl (C=O) groups is 2. The maximum absolute atomic E-state index is 11.8. The molecule has 0 saturated carbocycles. The first-order valence-corrected chi connectivity index (χ1v) is 5.58. The Bertz CT molecular complexity index is 258. The summed E-state index contributed by atoms with van der Waals surface area (Å²) in [4.78, 5) is 24.9. The molecule has 0 aromatic heterocycles. The minimum absolute atomic E-state index is 0.0205. The average Bonchev–Trinajstić information content (AvgIpc) is 2.29. The summed E-state index contributed by atoms with van der Waals surface area (Å²) in [6.07, 6.45) is 0.134. The van der Waals surface area contributed by atoms with Gasteiger partial charge in [-0.3, -0.25) is 9.59 Å². The Balaban J connectivity index is 2.40. The topological polar surface area (TPSA) is 81.7 Å². The number of nitrogens with zero attached hydrogens (tertiary/aromatic N) is 1. The molecule has 16 heavy (non-hydrogen) atoms. The summed E-state index contributed by atoms with van der Waals surface area (Å²) in [7, 11) is 0. The average molecular weight is 229 g/mol. The van der Waals surface area contributed by atoms with Gasteiger partial charge in [-0.1, -0.05) is 0 Å². The van der Waals surface area contributed by atoms with Gasteiger partial charge in [-0.2, -0.15) is 0 Å². The normalized spacial score (nSPS) is 21.0. The molecule has 1 aliphatic heterocycles. The number of aliphatic hydroxyl groups is 1. The largest absolute Gasteiger partial charge is 0.395 e. The molecule has 1 fully saturated rings. The summed E-state index contributed by atoms with van der Waals surface area (Å²) >= 11 is 0. The van der Waals surface area contributed by atoms with E-state index in [1.54, 1.807) is 4.90 Å². The van der Waals surface area contributed by atoms with Gasteiger partial charge in [0.05, 0.1) is 19.1 Å². The van der Waals surface area contributed by atoms with Crippen LogP contribution in [0.25, 0.3) is 0 Å². The predicted molar refractivity (Wildman–Crippen MR) is 58.8 cm³/mol. The zero-order chi connectivity index (χ0) is 12.0. The van der Waals surface area contributed by atoms with Crippen LogP contribution in [0.5, 0.6) is 0 Å². The molecular weight excluding hydrogens is 210 g/mol. The fourth-order valence-corrected chi connectivity index (χ4v) is 1.72. The lowest BCUT2D eigenvalue weighted by molar-refractivity contribution is -0.138. The van der Waals surface area contributed by atoms with Crippen molar-refractivity contribution in [1.82, 2.24) is 15.5 Å². The first-order chi connectivity index (χ1) is 7.69. The fourth-order valence-electron chi connectivity index (χ4n) is 1.72. The smallest absolute Gasteiger partial charge is 0.240 e. The summed E-state index contributed by atoms with van der Waals surface area (Å²) < 4.78 is 0. The predicted octanol–water partition coefficient (Wildman–Crippen LogP) is -1.69. The molecule has 0 bridgehead atoms. The first kappa shape index (κ1) is 12.9. The molecular formula is C10H19N3O3. The number of aliphatic hydroxyl groups excluding tert-OH is 1. The number of hydrogen-bond acceptors (Lipinski definition) is 4. The van der Waals surface area contributed by atoms with Crippen LogP contribution in [0, 0.1) is 0 Å². The van der Waals surface area contributed by atoms with Crippen LogP contribution >= 0.6 is 0 Å². The van der Waals surface area contributed by atoms with Crippen molar-refractivity contribution in [1.29, 1.82) is 0 Å². The number of nitrogens with one attached hydrogen (secondary N) is 2. The molecule has 1 unspecified atom stereocenters. The number of rotatable bonds is 5. The van der Waals surface area contributed by atoms with Gasteiger partial charge in [0, 0.05) is 26.2 Å². The Morgan fingerprint density at radius 3 is 3.06 bits per heavy atom. The van der Waals surface area contributed by atoms with Crippen LogP contribution < -0.4 is 10.6 Å². The third kappa shape index (κ3) is 3.46. The molecule has 1 saturated heterocycles. The molecule has 1 atom stereocenters. The van der Waals surface area contributed by atoms with Crippen LogP contribution in [0.15, 0.2) is 0 Å². The SMILES string of the molecule is CCN1CCNC(CC(=O)NCCO)C1=O. The fraction of sp³-hybridized carbons (Fsp3) is 0.800. The van der Waals surface area contributed by atoms with E-state index in [1.807, 2.05) is 6.92 Å². The molecule has 0 spiro atoms. The van der Waals surface area contributed by atoms with Crippen molar-refractivity contribution in [3.05, 3.63) is 0 Å². The molecule has 2 amide bonds. The maximum Gasteiger partial charge on any atom is 0.240 e. The van der Waals surface area contributed by atoms with E-state index >= 15 is 0 Å². The van der Waals surface area contributed by atoms with Crippen LogP contribution in [0.1, 0.15) is 13.3 Å². The van der Waals surface area contributed by atoms with Crippen LogP contribution in [0.4, 0.5) is 0 Å². The van der Waals surface area contributed by atoms with E-state index in [-0.39, 0.29) is 31.4 Å². The van der Waals surface area contributed by atoms with Crippen molar-refractivity contribution in [2.75, 3.05) is 32.8 Å².